The first-order valence-electron chi connectivity index (χ1n) is 6.71. The summed E-state index contributed by atoms with van der Waals surface area (Å²) in [6.45, 7) is 5.70. The molecule has 1 fully saturated rings. The number of likely N-dealkylation sites (tertiary alicyclic amines) is 1. The summed E-state index contributed by atoms with van der Waals surface area (Å²) in [4.78, 5) is 19.0. The van der Waals surface area contributed by atoms with E-state index in [4.69, 9.17) is 0 Å². The molecule has 100 valence electrons. The molecule has 5 heteroatoms. The molecule has 0 spiro atoms. The summed E-state index contributed by atoms with van der Waals surface area (Å²) >= 11 is 0. The van der Waals surface area contributed by atoms with E-state index in [1.807, 2.05) is 12.1 Å². The minimum absolute atomic E-state index is 0.0471. The van der Waals surface area contributed by atoms with Crippen molar-refractivity contribution < 1.29 is 0 Å². The molecule has 2 aromatic rings. The van der Waals surface area contributed by atoms with Crippen molar-refractivity contribution in [2.45, 2.75) is 25.3 Å². The number of hydrogen-bond acceptors (Lipinski definition) is 3. The van der Waals surface area contributed by atoms with Crippen LogP contribution in [-0.2, 0) is 0 Å². The molecule has 0 unspecified atom stereocenters. The Bertz CT molecular complexity index is 642. The Morgan fingerprint density at radius 1 is 1.53 bits per heavy atom. The average molecular weight is 258 g/mol. The van der Waals surface area contributed by atoms with Gasteiger partial charge in [-0.15, -0.1) is 6.58 Å². The first-order valence-corrected chi connectivity index (χ1v) is 6.71. The van der Waals surface area contributed by atoms with Crippen molar-refractivity contribution in [2.75, 3.05) is 13.1 Å². The third kappa shape index (κ3) is 2.21. The maximum atomic E-state index is 12.0. The van der Waals surface area contributed by atoms with E-state index in [2.05, 4.69) is 21.6 Å². The zero-order valence-electron chi connectivity index (χ0n) is 10.9. The second-order valence-electron chi connectivity index (χ2n) is 4.97. The smallest absolute Gasteiger partial charge is 0.272 e. The molecule has 0 bridgehead atoms. The van der Waals surface area contributed by atoms with Gasteiger partial charge in [-0.05, 0) is 19.4 Å². The number of H-pyrrole nitrogens is 1. The Labute approximate surface area is 111 Å². The van der Waals surface area contributed by atoms with Gasteiger partial charge in [0.05, 0.1) is 11.7 Å². The van der Waals surface area contributed by atoms with Crippen molar-refractivity contribution in [3.63, 3.8) is 0 Å². The molecule has 1 atom stereocenters. The lowest BCUT2D eigenvalue weighted by molar-refractivity contribution is 0.163. The normalized spacial score (nSPS) is 20.7. The van der Waals surface area contributed by atoms with Crippen molar-refractivity contribution in [1.82, 2.24) is 19.5 Å². The first-order chi connectivity index (χ1) is 9.29. The monoisotopic (exact) mass is 258 g/mol. The molecule has 0 aromatic carbocycles. The molecule has 1 aliphatic heterocycles. The number of nitrogens with one attached hydrogen (secondary N) is 1. The quantitative estimate of drug-likeness (QED) is 0.853. The largest absolute Gasteiger partial charge is 0.297 e. The highest BCUT2D eigenvalue weighted by atomic mass is 16.1. The Morgan fingerprint density at radius 3 is 3.26 bits per heavy atom. The van der Waals surface area contributed by atoms with Crippen molar-refractivity contribution in [2.24, 2.45) is 0 Å². The van der Waals surface area contributed by atoms with Gasteiger partial charge in [0.25, 0.3) is 5.56 Å². The number of hydrogen-bond donors (Lipinski definition) is 1. The minimum Gasteiger partial charge on any atom is -0.297 e. The zero-order chi connectivity index (χ0) is 13.2. The van der Waals surface area contributed by atoms with Crippen LogP contribution in [0.15, 0.2) is 35.8 Å². The predicted octanol–water partition coefficient (Wildman–Crippen LogP) is 1.74. The molecular weight excluding hydrogens is 240 g/mol. The van der Waals surface area contributed by atoms with E-state index in [0.717, 1.165) is 25.2 Å². The Kier molecular flexibility index (Phi) is 3.21. The van der Waals surface area contributed by atoms with E-state index in [1.54, 1.807) is 12.3 Å². The molecule has 3 rings (SSSR count). The predicted molar refractivity (Wildman–Crippen MR) is 74.2 cm³/mol. The van der Waals surface area contributed by atoms with Crippen LogP contribution in [0.3, 0.4) is 0 Å². The standard InChI is InChI=1S/C14H18N4O/c1-2-8-17-9-4-3-5-12(17)11-10-14(19)18-13(16-11)6-7-15-18/h2,6-7,10,12,15H,1,3-5,8-9H2/t12-/m1/s1. The molecule has 0 aliphatic carbocycles. The number of nitrogens with zero attached hydrogens (tertiary/aromatic N) is 3. The summed E-state index contributed by atoms with van der Waals surface area (Å²) in [5, 5.41) is 2.87. The summed E-state index contributed by atoms with van der Waals surface area (Å²) in [5.74, 6) is 0. The first kappa shape index (κ1) is 12.2. The fourth-order valence-electron chi connectivity index (χ4n) is 2.83. The van der Waals surface area contributed by atoms with Crippen LogP contribution >= 0.6 is 0 Å². The number of piperidine rings is 1. The molecule has 0 saturated carbocycles. The van der Waals surface area contributed by atoms with E-state index in [9.17, 15) is 4.79 Å². The summed E-state index contributed by atoms with van der Waals surface area (Å²) in [5.41, 5.74) is 1.52. The number of rotatable bonds is 3. The van der Waals surface area contributed by atoms with Crippen molar-refractivity contribution in [3.8, 4) is 0 Å². The van der Waals surface area contributed by atoms with Gasteiger partial charge in [-0.3, -0.25) is 14.8 Å². The summed E-state index contributed by atoms with van der Waals surface area (Å²) < 4.78 is 1.46. The molecule has 0 radical (unpaired) electrons. The SMILES string of the molecule is C=CCN1CCCC[C@@H]1c1cc(=O)n2[nH]ccc2n1. The highest BCUT2D eigenvalue weighted by Crippen LogP contribution is 2.29. The molecule has 19 heavy (non-hydrogen) atoms. The molecule has 0 amide bonds. The molecule has 1 N–H and O–H groups in total. The Hall–Kier alpha value is -1.88. The van der Waals surface area contributed by atoms with Gasteiger partial charge in [-0.2, -0.15) is 0 Å². The van der Waals surface area contributed by atoms with E-state index >= 15 is 0 Å². The van der Waals surface area contributed by atoms with Crippen molar-refractivity contribution in [3.05, 3.63) is 47.0 Å². The zero-order valence-corrected chi connectivity index (χ0v) is 10.9. The molecule has 1 aliphatic rings. The summed E-state index contributed by atoms with van der Waals surface area (Å²) in [6, 6.07) is 3.71. The van der Waals surface area contributed by atoms with Gasteiger partial charge in [0.2, 0.25) is 0 Å². The number of aromatic amines is 1. The lowest BCUT2D eigenvalue weighted by atomic mass is 9.99. The Balaban J connectivity index is 2.01. The molecule has 1 saturated heterocycles. The summed E-state index contributed by atoms with van der Waals surface area (Å²) in [7, 11) is 0. The van der Waals surface area contributed by atoms with Crippen LogP contribution < -0.4 is 5.56 Å². The van der Waals surface area contributed by atoms with Crippen LogP contribution in [-0.4, -0.2) is 32.6 Å². The van der Waals surface area contributed by atoms with E-state index in [1.165, 1.54) is 17.4 Å². The highest BCUT2D eigenvalue weighted by molar-refractivity contribution is 5.37. The van der Waals surface area contributed by atoms with E-state index < -0.39 is 0 Å². The van der Waals surface area contributed by atoms with Crippen LogP contribution in [0.2, 0.25) is 0 Å². The number of aromatic nitrogens is 3. The third-order valence-electron chi connectivity index (χ3n) is 3.72. The van der Waals surface area contributed by atoms with Gasteiger partial charge in [-0.1, -0.05) is 12.5 Å². The van der Waals surface area contributed by atoms with Gasteiger partial charge in [-0.25, -0.2) is 9.50 Å². The maximum absolute atomic E-state index is 12.0. The topological polar surface area (TPSA) is 53.4 Å². The lowest BCUT2D eigenvalue weighted by Gasteiger charge is -2.34. The summed E-state index contributed by atoms with van der Waals surface area (Å²) in [6.07, 6.45) is 7.10. The molecular formula is C14H18N4O. The van der Waals surface area contributed by atoms with Gasteiger partial charge in [0.15, 0.2) is 5.65 Å². The molecule has 5 nitrogen and oxygen atoms in total. The molecule has 3 heterocycles. The minimum atomic E-state index is -0.0471. The van der Waals surface area contributed by atoms with Crippen LogP contribution in [0, 0.1) is 0 Å². The van der Waals surface area contributed by atoms with Gasteiger partial charge in [0, 0.05) is 24.9 Å². The van der Waals surface area contributed by atoms with Crippen LogP contribution in [0.4, 0.5) is 0 Å². The van der Waals surface area contributed by atoms with Gasteiger partial charge >= 0.3 is 0 Å². The second kappa shape index (κ2) is 5.01. The fraction of sp³-hybridized carbons (Fsp3) is 0.429. The fourth-order valence-corrected chi connectivity index (χ4v) is 2.83. The van der Waals surface area contributed by atoms with Crippen LogP contribution in [0.5, 0.6) is 0 Å². The number of fused-ring (bicyclic) bond motifs is 1. The van der Waals surface area contributed by atoms with E-state index in [0.29, 0.717) is 5.65 Å². The molecule has 2 aromatic heterocycles. The van der Waals surface area contributed by atoms with Crippen molar-refractivity contribution >= 4 is 5.65 Å². The van der Waals surface area contributed by atoms with Gasteiger partial charge in [0.1, 0.15) is 0 Å². The van der Waals surface area contributed by atoms with Crippen molar-refractivity contribution in [1.29, 1.82) is 0 Å². The van der Waals surface area contributed by atoms with E-state index in [-0.39, 0.29) is 11.6 Å². The highest BCUT2D eigenvalue weighted by Gasteiger charge is 2.24. The Morgan fingerprint density at radius 2 is 2.42 bits per heavy atom. The van der Waals surface area contributed by atoms with Gasteiger partial charge < -0.3 is 0 Å². The van der Waals surface area contributed by atoms with Crippen LogP contribution in [0.1, 0.15) is 31.0 Å². The maximum Gasteiger partial charge on any atom is 0.272 e. The second-order valence-corrected chi connectivity index (χ2v) is 4.97. The van der Waals surface area contributed by atoms with Crippen LogP contribution in [0.25, 0.3) is 5.65 Å². The average Bonchev–Trinajstić information content (AvgIpc) is 2.88. The lowest BCUT2D eigenvalue weighted by Crippen LogP contribution is -2.34. The third-order valence-corrected chi connectivity index (χ3v) is 3.72.